The van der Waals surface area contributed by atoms with Crippen LogP contribution in [0.3, 0.4) is 0 Å². The number of pyridine rings is 1. The Bertz CT molecular complexity index is 1150. The molecule has 1 aliphatic heterocycles. The number of aromatic amines is 1. The SMILES string of the molecule is Cc1cc([C@H](C)Nc2ccccc2C(=O)O)c2[nH]c(N3CCOCC3)cc(=O)c2c1. The fourth-order valence-electron chi connectivity index (χ4n) is 3.94. The molecule has 1 fully saturated rings. The van der Waals surface area contributed by atoms with Crippen molar-refractivity contribution >= 4 is 28.4 Å². The number of carboxylic acids is 1. The van der Waals surface area contributed by atoms with Gasteiger partial charge in [-0.2, -0.15) is 0 Å². The molecule has 30 heavy (non-hydrogen) atoms. The second kappa shape index (κ2) is 8.20. The summed E-state index contributed by atoms with van der Waals surface area (Å²) in [4.78, 5) is 30.0. The standard InChI is InChI=1S/C23H25N3O4/c1-14-11-17(15(2)24-19-6-4-3-5-16(19)23(28)29)22-18(12-14)20(27)13-21(25-22)26-7-9-30-10-8-26/h3-6,11-13,15,24H,7-10H2,1-2H3,(H,25,27)(H,28,29)/t15-/m0/s1. The van der Waals surface area contributed by atoms with Gasteiger partial charge in [0, 0.05) is 30.2 Å². The normalized spacial score (nSPS) is 15.2. The van der Waals surface area contributed by atoms with Crippen LogP contribution in [0.15, 0.2) is 47.3 Å². The Hall–Kier alpha value is -3.32. The summed E-state index contributed by atoms with van der Waals surface area (Å²) >= 11 is 0. The van der Waals surface area contributed by atoms with Crippen LogP contribution in [0.2, 0.25) is 0 Å². The minimum absolute atomic E-state index is 0.0340. The number of aromatic nitrogens is 1. The molecular weight excluding hydrogens is 382 g/mol. The van der Waals surface area contributed by atoms with Crippen LogP contribution in [0.1, 0.15) is 34.5 Å². The Morgan fingerprint density at radius 1 is 1.20 bits per heavy atom. The first-order valence-corrected chi connectivity index (χ1v) is 10.0. The highest BCUT2D eigenvalue weighted by Gasteiger charge is 2.18. The van der Waals surface area contributed by atoms with E-state index in [1.165, 1.54) is 0 Å². The minimum atomic E-state index is -0.984. The molecule has 0 radical (unpaired) electrons. The summed E-state index contributed by atoms with van der Waals surface area (Å²) in [6, 6.07) is 12.2. The molecule has 2 aromatic carbocycles. The Labute approximate surface area is 174 Å². The largest absolute Gasteiger partial charge is 0.478 e. The van der Waals surface area contributed by atoms with Crippen LogP contribution < -0.4 is 15.6 Å². The molecule has 0 amide bonds. The topological polar surface area (TPSA) is 94.7 Å². The van der Waals surface area contributed by atoms with Gasteiger partial charge in [-0.3, -0.25) is 4.79 Å². The number of carboxylic acid groups (broad SMARTS) is 1. The second-order valence-electron chi connectivity index (χ2n) is 7.61. The van der Waals surface area contributed by atoms with Crippen molar-refractivity contribution in [1.29, 1.82) is 0 Å². The highest BCUT2D eigenvalue weighted by molar-refractivity contribution is 5.94. The molecule has 7 nitrogen and oxygen atoms in total. The molecule has 3 N–H and O–H groups in total. The second-order valence-corrected chi connectivity index (χ2v) is 7.61. The number of para-hydroxylation sites is 1. The maximum atomic E-state index is 12.9. The first-order chi connectivity index (χ1) is 14.4. The summed E-state index contributed by atoms with van der Waals surface area (Å²) in [5.41, 5.74) is 3.37. The van der Waals surface area contributed by atoms with Gasteiger partial charge in [0.15, 0.2) is 5.43 Å². The van der Waals surface area contributed by atoms with Crippen molar-refractivity contribution in [3.05, 3.63) is 69.4 Å². The first kappa shape index (κ1) is 20.0. The van der Waals surface area contributed by atoms with Gasteiger partial charge in [0.25, 0.3) is 0 Å². The van der Waals surface area contributed by atoms with Crippen LogP contribution in [-0.2, 0) is 4.74 Å². The molecule has 0 unspecified atom stereocenters. The number of carbonyl (C=O) groups is 1. The van der Waals surface area contributed by atoms with Crippen molar-refractivity contribution in [2.24, 2.45) is 0 Å². The van der Waals surface area contributed by atoms with Gasteiger partial charge in [0.2, 0.25) is 0 Å². The van der Waals surface area contributed by atoms with Crippen molar-refractivity contribution in [2.75, 3.05) is 36.5 Å². The molecule has 0 saturated carbocycles. The number of ether oxygens (including phenoxy) is 1. The number of nitrogens with zero attached hydrogens (tertiary/aromatic N) is 1. The van der Waals surface area contributed by atoms with Gasteiger partial charge in [0.05, 0.1) is 30.3 Å². The molecule has 2 heterocycles. The van der Waals surface area contributed by atoms with Gasteiger partial charge in [-0.15, -0.1) is 0 Å². The summed E-state index contributed by atoms with van der Waals surface area (Å²) in [5, 5.41) is 13.4. The van der Waals surface area contributed by atoms with Crippen molar-refractivity contribution in [3.8, 4) is 0 Å². The number of morpholine rings is 1. The number of aryl methyl sites for hydroxylation is 1. The van der Waals surface area contributed by atoms with Crippen LogP contribution >= 0.6 is 0 Å². The molecule has 1 saturated heterocycles. The monoisotopic (exact) mass is 407 g/mol. The number of hydrogen-bond donors (Lipinski definition) is 3. The molecule has 1 atom stereocenters. The lowest BCUT2D eigenvalue weighted by Crippen LogP contribution is -2.37. The number of nitrogens with one attached hydrogen (secondary N) is 2. The van der Waals surface area contributed by atoms with E-state index in [-0.39, 0.29) is 17.0 Å². The highest BCUT2D eigenvalue weighted by atomic mass is 16.5. The van der Waals surface area contributed by atoms with E-state index in [1.54, 1.807) is 30.3 Å². The third kappa shape index (κ3) is 3.89. The van der Waals surface area contributed by atoms with E-state index >= 15 is 0 Å². The van der Waals surface area contributed by atoms with E-state index in [0.29, 0.717) is 24.3 Å². The predicted octanol–water partition coefficient (Wildman–Crippen LogP) is 3.54. The number of fused-ring (bicyclic) bond motifs is 1. The Morgan fingerprint density at radius 2 is 1.93 bits per heavy atom. The summed E-state index contributed by atoms with van der Waals surface area (Å²) < 4.78 is 5.42. The zero-order valence-corrected chi connectivity index (χ0v) is 17.1. The summed E-state index contributed by atoms with van der Waals surface area (Å²) in [6.07, 6.45) is 0. The smallest absolute Gasteiger partial charge is 0.337 e. The zero-order chi connectivity index (χ0) is 21.3. The zero-order valence-electron chi connectivity index (χ0n) is 17.1. The molecule has 1 aromatic heterocycles. The molecule has 3 aromatic rings. The van der Waals surface area contributed by atoms with Crippen LogP contribution in [0.4, 0.5) is 11.5 Å². The third-order valence-corrected chi connectivity index (χ3v) is 5.45. The fourth-order valence-corrected chi connectivity index (χ4v) is 3.94. The van der Waals surface area contributed by atoms with Gasteiger partial charge < -0.3 is 25.0 Å². The maximum Gasteiger partial charge on any atom is 0.337 e. The first-order valence-electron chi connectivity index (χ1n) is 10.0. The summed E-state index contributed by atoms with van der Waals surface area (Å²) in [7, 11) is 0. The highest BCUT2D eigenvalue weighted by Crippen LogP contribution is 2.29. The van der Waals surface area contributed by atoms with E-state index in [1.807, 2.05) is 26.0 Å². The van der Waals surface area contributed by atoms with E-state index in [2.05, 4.69) is 15.2 Å². The fraction of sp³-hybridized carbons (Fsp3) is 0.304. The minimum Gasteiger partial charge on any atom is -0.478 e. The van der Waals surface area contributed by atoms with Gasteiger partial charge >= 0.3 is 5.97 Å². The number of hydrogen-bond acceptors (Lipinski definition) is 5. The lowest BCUT2D eigenvalue weighted by molar-refractivity contribution is 0.0698. The van der Waals surface area contributed by atoms with Crippen LogP contribution in [-0.4, -0.2) is 42.4 Å². The van der Waals surface area contributed by atoms with E-state index in [9.17, 15) is 14.7 Å². The Morgan fingerprint density at radius 3 is 2.67 bits per heavy atom. The lowest BCUT2D eigenvalue weighted by atomic mass is 9.99. The maximum absolute atomic E-state index is 12.9. The van der Waals surface area contributed by atoms with Gasteiger partial charge in [-0.25, -0.2) is 4.79 Å². The van der Waals surface area contributed by atoms with Crippen molar-refractivity contribution in [1.82, 2.24) is 4.98 Å². The number of aromatic carboxylic acids is 1. The third-order valence-electron chi connectivity index (χ3n) is 5.45. The molecule has 0 bridgehead atoms. The molecule has 156 valence electrons. The number of H-pyrrole nitrogens is 1. The van der Waals surface area contributed by atoms with Crippen molar-refractivity contribution < 1.29 is 14.6 Å². The van der Waals surface area contributed by atoms with Crippen LogP contribution in [0.25, 0.3) is 10.9 Å². The molecule has 1 aliphatic rings. The van der Waals surface area contributed by atoms with Crippen molar-refractivity contribution in [3.63, 3.8) is 0 Å². The van der Waals surface area contributed by atoms with Gasteiger partial charge in [-0.05, 0) is 43.2 Å². The van der Waals surface area contributed by atoms with E-state index in [0.717, 1.165) is 35.6 Å². The Kier molecular flexibility index (Phi) is 5.46. The molecule has 7 heteroatoms. The number of rotatable bonds is 5. The quantitative estimate of drug-likeness (QED) is 0.599. The van der Waals surface area contributed by atoms with E-state index in [4.69, 9.17) is 4.74 Å². The molecule has 0 spiro atoms. The summed E-state index contributed by atoms with van der Waals surface area (Å²) in [5.74, 6) is -0.207. The summed E-state index contributed by atoms with van der Waals surface area (Å²) in [6.45, 7) is 6.63. The average Bonchev–Trinajstić information content (AvgIpc) is 2.74. The predicted molar refractivity (Wildman–Crippen MR) is 118 cm³/mol. The molecular formula is C23H25N3O4. The van der Waals surface area contributed by atoms with E-state index < -0.39 is 5.97 Å². The van der Waals surface area contributed by atoms with Gasteiger partial charge in [-0.1, -0.05) is 18.2 Å². The lowest BCUT2D eigenvalue weighted by Gasteiger charge is -2.29. The van der Waals surface area contributed by atoms with Crippen molar-refractivity contribution in [2.45, 2.75) is 19.9 Å². The van der Waals surface area contributed by atoms with Gasteiger partial charge in [0.1, 0.15) is 5.82 Å². The number of anilines is 2. The molecule has 4 rings (SSSR count). The Balaban J connectivity index is 1.78. The molecule has 0 aliphatic carbocycles. The van der Waals surface area contributed by atoms with Crippen LogP contribution in [0, 0.1) is 6.92 Å². The average molecular weight is 407 g/mol. The van der Waals surface area contributed by atoms with Crippen LogP contribution in [0.5, 0.6) is 0 Å². The number of benzene rings is 2.